The van der Waals surface area contributed by atoms with E-state index in [1.54, 1.807) is 0 Å². The number of nitrogens with zero attached hydrogens (tertiary/aromatic N) is 3. The Hall–Kier alpha value is -1.95. The zero-order valence-electron chi connectivity index (χ0n) is 19.7. The van der Waals surface area contributed by atoms with Crippen LogP contribution in [0.4, 0.5) is 0 Å². The molecule has 6 nitrogen and oxygen atoms in total. The van der Waals surface area contributed by atoms with E-state index in [2.05, 4.69) is 44.1 Å². The average molecular weight is 429 g/mol. The van der Waals surface area contributed by atoms with E-state index in [-0.39, 0.29) is 23.9 Å². The van der Waals surface area contributed by atoms with Gasteiger partial charge in [-0.3, -0.25) is 14.6 Å². The van der Waals surface area contributed by atoms with Crippen molar-refractivity contribution in [2.75, 3.05) is 26.2 Å². The number of amides is 2. The molecule has 0 radical (unpaired) electrons. The van der Waals surface area contributed by atoms with Crippen LogP contribution in [0.1, 0.15) is 59.1 Å². The molecule has 0 aromatic carbocycles. The third-order valence-corrected chi connectivity index (χ3v) is 6.54. The summed E-state index contributed by atoms with van der Waals surface area (Å²) < 4.78 is 0. The molecular weight excluding hydrogens is 388 g/mol. The number of piperidine rings is 1. The van der Waals surface area contributed by atoms with Crippen LogP contribution in [0.25, 0.3) is 0 Å². The van der Waals surface area contributed by atoms with Gasteiger partial charge >= 0.3 is 0 Å². The molecule has 172 valence electrons. The van der Waals surface area contributed by atoms with Gasteiger partial charge in [-0.25, -0.2) is 0 Å². The van der Waals surface area contributed by atoms with Crippen LogP contribution in [-0.2, 0) is 16.0 Å². The van der Waals surface area contributed by atoms with Crippen molar-refractivity contribution in [2.45, 2.75) is 71.9 Å². The Labute approximate surface area is 187 Å². The second-order valence-electron chi connectivity index (χ2n) is 10.1. The van der Waals surface area contributed by atoms with E-state index in [0.717, 1.165) is 57.4 Å². The van der Waals surface area contributed by atoms with Gasteiger partial charge in [0.1, 0.15) is 6.04 Å². The van der Waals surface area contributed by atoms with Crippen LogP contribution in [-0.4, -0.2) is 64.9 Å². The maximum atomic E-state index is 13.6. The third kappa shape index (κ3) is 6.52. The normalized spacial score (nSPS) is 21.7. The SMILES string of the molecule is CC(C)CC(C(=O)N1CCC(Cc2ccccn2)CC1)N1CCN[C@@H](CC(C)C)C1=O. The zero-order chi connectivity index (χ0) is 22.4. The van der Waals surface area contributed by atoms with Crippen molar-refractivity contribution in [1.29, 1.82) is 0 Å². The summed E-state index contributed by atoms with van der Waals surface area (Å²) >= 11 is 0. The van der Waals surface area contributed by atoms with Gasteiger partial charge < -0.3 is 15.1 Å². The molecule has 2 amide bonds. The highest BCUT2D eigenvalue weighted by Crippen LogP contribution is 2.25. The van der Waals surface area contributed by atoms with Crippen molar-refractivity contribution < 1.29 is 9.59 Å². The van der Waals surface area contributed by atoms with Crippen LogP contribution in [0.3, 0.4) is 0 Å². The second kappa shape index (κ2) is 11.1. The van der Waals surface area contributed by atoms with Gasteiger partial charge in [-0.15, -0.1) is 0 Å². The lowest BCUT2D eigenvalue weighted by Gasteiger charge is -2.42. The molecule has 0 saturated carbocycles. The third-order valence-electron chi connectivity index (χ3n) is 6.54. The van der Waals surface area contributed by atoms with Crippen LogP contribution in [0.5, 0.6) is 0 Å². The van der Waals surface area contributed by atoms with E-state index in [0.29, 0.717) is 24.3 Å². The number of hydrogen-bond acceptors (Lipinski definition) is 4. The zero-order valence-corrected chi connectivity index (χ0v) is 19.7. The summed E-state index contributed by atoms with van der Waals surface area (Å²) in [6, 6.07) is 5.56. The van der Waals surface area contributed by atoms with Crippen molar-refractivity contribution in [1.82, 2.24) is 20.1 Å². The van der Waals surface area contributed by atoms with Crippen LogP contribution < -0.4 is 5.32 Å². The van der Waals surface area contributed by atoms with E-state index in [4.69, 9.17) is 0 Å². The molecule has 1 N–H and O–H groups in total. The molecule has 3 rings (SSSR count). The number of hydrogen-bond donors (Lipinski definition) is 1. The Kier molecular flexibility index (Phi) is 8.47. The van der Waals surface area contributed by atoms with Crippen molar-refractivity contribution >= 4 is 11.8 Å². The molecule has 0 spiro atoms. The van der Waals surface area contributed by atoms with Crippen molar-refractivity contribution in [3.8, 4) is 0 Å². The molecule has 1 aromatic rings. The van der Waals surface area contributed by atoms with Gasteiger partial charge in [0.05, 0.1) is 6.04 Å². The van der Waals surface area contributed by atoms with E-state index in [9.17, 15) is 9.59 Å². The lowest BCUT2D eigenvalue weighted by Crippen LogP contribution is -2.62. The van der Waals surface area contributed by atoms with Gasteiger partial charge in [0.15, 0.2) is 0 Å². The van der Waals surface area contributed by atoms with Crippen LogP contribution in [0.2, 0.25) is 0 Å². The first-order valence-electron chi connectivity index (χ1n) is 12.1. The van der Waals surface area contributed by atoms with Gasteiger partial charge in [-0.05, 0) is 62.0 Å². The van der Waals surface area contributed by atoms with E-state index >= 15 is 0 Å². The highest BCUT2D eigenvalue weighted by Gasteiger charge is 2.39. The maximum Gasteiger partial charge on any atom is 0.245 e. The smallest absolute Gasteiger partial charge is 0.245 e. The largest absolute Gasteiger partial charge is 0.341 e. The molecular formula is C25H40N4O2. The van der Waals surface area contributed by atoms with Gasteiger partial charge in [-0.2, -0.15) is 0 Å². The van der Waals surface area contributed by atoms with Gasteiger partial charge in [0, 0.05) is 38.1 Å². The van der Waals surface area contributed by atoms with Crippen molar-refractivity contribution in [3.05, 3.63) is 30.1 Å². The number of nitrogens with one attached hydrogen (secondary N) is 1. The molecule has 2 aliphatic rings. The molecule has 1 aromatic heterocycles. The molecule has 2 fully saturated rings. The van der Waals surface area contributed by atoms with Crippen LogP contribution >= 0.6 is 0 Å². The highest BCUT2D eigenvalue weighted by molar-refractivity contribution is 5.90. The molecule has 1 unspecified atom stereocenters. The Balaban J connectivity index is 1.63. The number of aromatic nitrogens is 1. The first kappa shape index (κ1) is 23.7. The van der Waals surface area contributed by atoms with E-state index < -0.39 is 0 Å². The molecule has 31 heavy (non-hydrogen) atoms. The Bertz CT molecular complexity index is 713. The number of carbonyl (C=O) groups is 2. The Morgan fingerprint density at radius 3 is 2.48 bits per heavy atom. The minimum absolute atomic E-state index is 0.101. The first-order chi connectivity index (χ1) is 14.8. The molecule has 0 aliphatic carbocycles. The molecule has 6 heteroatoms. The Morgan fingerprint density at radius 1 is 1.13 bits per heavy atom. The van der Waals surface area contributed by atoms with Gasteiger partial charge in [0.25, 0.3) is 0 Å². The predicted octanol–water partition coefficient (Wildman–Crippen LogP) is 3.12. The fourth-order valence-corrected chi connectivity index (χ4v) is 4.91. The fourth-order valence-electron chi connectivity index (χ4n) is 4.91. The molecule has 2 aliphatic heterocycles. The summed E-state index contributed by atoms with van der Waals surface area (Å²) in [5.41, 5.74) is 1.13. The number of piperazine rings is 1. The topological polar surface area (TPSA) is 65.5 Å². The Morgan fingerprint density at radius 2 is 1.87 bits per heavy atom. The summed E-state index contributed by atoms with van der Waals surface area (Å²) in [6.07, 6.45) is 6.38. The number of likely N-dealkylation sites (tertiary alicyclic amines) is 1. The standard InChI is InChI=1S/C25H40N4O2/c1-18(2)15-22-24(30)29(14-11-27-22)23(16-19(3)4)25(31)28-12-8-20(9-13-28)17-21-7-5-6-10-26-21/h5-7,10,18-20,22-23,27H,8-9,11-17H2,1-4H3/t22-,23?/m0/s1. The van der Waals surface area contributed by atoms with Crippen LogP contribution in [0, 0.1) is 17.8 Å². The van der Waals surface area contributed by atoms with Gasteiger partial charge in [0.2, 0.25) is 11.8 Å². The summed E-state index contributed by atoms with van der Waals surface area (Å²) in [4.78, 5) is 35.1. The predicted molar refractivity (Wildman–Crippen MR) is 123 cm³/mol. The number of pyridine rings is 1. The lowest BCUT2D eigenvalue weighted by atomic mass is 9.90. The summed E-state index contributed by atoms with van der Waals surface area (Å²) in [5, 5.41) is 3.36. The summed E-state index contributed by atoms with van der Waals surface area (Å²) in [5.74, 6) is 1.62. The number of rotatable bonds is 8. The maximum absolute atomic E-state index is 13.6. The summed E-state index contributed by atoms with van der Waals surface area (Å²) in [6.45, 7) is 11.5. The lowest BCUT2D eigenvalue weighted by molar-refractivity contribution is -0.150. The highest BCUT2D eigenvalue weighted by atomic mass is 16.2. The quantitative estimate of drug-likeness (QED) is 0.691. The fraction of sp³-hybridized carbons (Fsp3) is 0.720. The second-order valence-corrected chi connectivity index (χ2v) is 10.1. The molecule has 2 atom stereocenters. The van der Waals surface area contributed by atoms with Crippen LogP contribution in [0.15, 0.2) is 24.4 Å². The molecule has 2 saturated heterocycles. The van der Waals surface area contributed by atoms with E-state index in [1.807, 2.05) is 28.1 Å². The van der Waals surface area contributed by atoms with E-state index in [1.165, 1.54) is 0 Å². The molecule has 0 bridgehead atoms. The summed E-state index contributed by atoms with van der Waals surface area (Å²) in [7, 11) is 0. The van der Waals surface area contributed by atoms with Gasteiger partial charge in [-0.1, -0.05) is 33.8 Å². The monoisotopic (exact) mass is 428 g/mol. The minimum atomic E-state index is -0.336. The molecule has 3 heterocycles. The first-order valence-corrected chi connectivity index (χ1v) is 12.1. The van der Waals surface area contributed by atoms with Crippen molar-refractivity contribution in [3.63, 3.8) is 0 Å². The average Bonchev–Trinajstić information content (AvgIpc) is 2.74. The minimum Gasteiger partial charge on any atom is -0.341 e. The van der Waals surface area contributed by atoms with Crippen molar-refractivity contribution in [2.24, 2.45) is 17.8 Å². The number of carbonyl (C=O) groups excluding carboxylic acids is 2.